The molecule has 0 radical (unpaired) electrons. The Hall–Kier alpha value is -7.42. The van der Waals surface area contributed by atoms with E-state index < -0.39 is 5.41 Å². The smallest absolute Gasteiger partial charge is 0.140 e. The molecule has 12 rings (SSSR count). The average Bonchev–Trinajstić information content (AvgIpc) is 3.39. The van der Waals surface area contributed by atoms with Crippen LogP contribution in [0.15, 0.2) is 206 Å². The first-order valence-corrected chi connectivity index (χ1v) is 24.0. The number of nitrogens with zero attached hydrogens (tertiary/aromatic N) is 1. The van der Waals surface area contributed by atoms with Crippen LogP contribution in [0.5, 0.6) is 11.5 Å². The molecular weight excluding hydrogens is 799 g/mol. The second kappa shape index (κ2) is 16.9. The van der Waals surface area contributed by atoms with E-state index in [9.17, 15) is 0 Å². The highest BCUT2D eigenvalue weighted by atomic mass is 16.5. The minimum absolute atomic E-state index is 0.619. The molecule has 320 valence electrons. The SMILES string of the molecule is Cc1ccccc1-c1ccc(N(c2ccc(-c3cccc(C4(c5ccccc5)c5ccc6c(c5Oc5c4ccc4ccccc54)C=CCC6)c3)cc2)c2cccc(C3CCCCC3)c2)cc1. The zero-order valence-electron chi connectivity index (χ0n) is 37.6. The lowest BCUT2D eigenvalue weighted by Gasteiger charge is -2.43. The molecule has 1 unspecified atom stereocenters. The van der Waals surface area contributed by atoms with E-state index in [2.05, 4.69) is 224 Å². The van der Waals surface area contributed by atoms with Crippen LogP contribution in [0.25, 0.3) is 39.1 Å². The maximum Gasteiger partial charge on any atom is 0.140 e. The first kappa shape index (κ1) is 40.1. The van der Waals surface area contributed by atoms with E-state index in [0.717, 1.165) is 46.7 Å². The molecule has 2 nitrogen and oxygen atoms in total. The van der Waals surface area contributed by atoms with Gasteiger partial charge in [-0.2, -0.15) is 0 Å². The van der Waals surface area contributed by atoms with Gasteiger partial charge in [-0.15, -0.1) is 0 Å². The highest BCUT2D eigenvalue weighted by Crippen LogP contribution is 2.59. The third-order valence-electron chi connectivity index (χ3n) is 14.8. The van der Waals surface area contributed by atoms with Crippen molar-refractivity contribution in [3.05, 3.63) is 251 Å². The van der Waals surface area contributed by atoms with Gasteiger partial charge in [0.25, 0.3) is 0 Å². The minimum Gasteiger partial charge on any atom is -0.455 e. The Labute approximate surface area is 389 Å². The van der Waals surface area contributed by atoms with Gasteiger partial charge in [0.2, 0.25) is 0 Å². The predicted molar refractivity (Wildman–Crippen MR) is 276 cm³/mol. The van der Waals surface area contributed by atoms with Crippen molar-refractivity contribution in [3.63, 3.8) is 0 Å². The molecule has 66 heavy (non-hydrogen) atoms. The number of aryl methyl sites for hydroxylation is 2. The minimum atomic E-state index is -0.644. The van der Waals surface area contributed by atoms with Crippen LogP contribution in [-0.4, -0.2) is 0 Å². The van der Waals surface area contributed by atoms with E-state index >= 15 is 0 Å². The fourth-order valence-corrected chi connectivity index (χ4v) is 11.5. The van der Waals surface area contributed by atoms with E-state index in [0.29, 0.717) is 5.92 Å². The van der Waals surface area contributed by atoms with Crippen molar-refractivity contribution >= 4 is 33.9 Å². The third kappa shape index (κ3) is 6.86. The van der Waals surface area contributed by atoms with Gasteiger partial charge >= 0.3 is 0 Å². The molecule has 1 fully saturated rings. The van der Waals surface area contributed by atoms with Crippen molar-refractivity contribution in [1.82, 2.24) is 0 Å². The molecule has 1 saturated carbocycles. The Bertz CT molecular complexity index is 3270. The molecule has 1 aliphatic heterocycles. The fraction of sp³-hybridized carbons (Fsp3) is 0.156. The molecule has 1 atom stereocenters. The lowest BCUT2D eigenvalue weighted by molar-refractivity contribution is 0.438. The van der Waals surface area contributed by atoms with Crippen LogP contribution in [0.1, 0.15) is 89.0 Å². The maximum atomic E-state index is 7.23. The van der Waals surface area contributed by atoms with Crippen molar-refractivity contribution in [2.24, 2.45) is 0 Å². The number of hydrogen-bond acceptors (Lipinski definition) is 2. The summed E-state index contributed by atoms with van der Waals surface area (Å²) < 4.78 is 7.23. The summed E-state index contributed by atoms with van der Waals surface area (Å²) >= 11 is 0. The lowest BCUT2D eigenvalue weighted by Crippen LogP contribution is -2.34. The summed E-state index contributed by atoms with van der Waals surface area (Å²) in [6.45, 7) is 2.19. The van der Waals surface area contributed by atoms with Gasteiger partial charge in [-0.05, 0) is 136 Å². The first-order valence-electron chi connectivity index (χ1n) is 24.0. The molecule has 9 aromatic rings. The Kier molecular flexibility index (Phi) is 10.2. The van der Waals surface area contributed by atoms with Gasteiger partial charge < -0.3 is 9.64 Å². The van der Waals surface area contributed by atoms with Crippen molar-refractivity contribution in [3.8, 4) is 33.8 Å². The Morgan fingerprint density at radius 1 is 0.515 bits per heavy atom. The molecule has 9 aromatic carbocycles. The fourth-order valence-electron chi connectivity index (χ4n) is 11.5. The maximum absolute atomic E-state index is 7.23. The highest BCUT2D eigenvalue weighted by Gasteiger charge is 2.47. The van der Waals surface area contributed by atoms with Crippen LogP contribution < -0.4 is 9.64 Å². The van der Waals surface area contributed by atoms with Gasteiger partial charge in [-0.1, -0.05) is 189 Å². The highest BCUT2D eigenvalue weighted by molar-refractivity contribution is 5.93. The van der Waals surface area contributed by atoms with E-state index in [1.807, 2.05) is 0 Å². The number of hydrogen-bond donors (Lipinski definition) is 0. The largest absolute Gasteiger partial charge is 0.455 e. The summed E-state index contributed by atoms with van der Waals surface area (Å²) in [6.07, 6.45) is 13.2. The number of ether oxygens (including phenoxy) is 1. The van der Waals surface area contributed by atoms with Crippen LogP contribution in [-0.2, 0) is 11.8 Å². The standard InChI is InChI=1S/C64H53NO/c1-44-16-8-11-27-57(44)49-32-38-55(39-33-49)65(56-26-15-22-51(43-56)45-17-4-2-5-18-45)54-36-30-46(31-37-54)50-21-14-25-53(42-50)64(52-23-6-3-7-24-52)60-40-34-47-19-9-12-28-58(47)62(60)66-63-59-29-13-10-20-48(59)35-41-61(63)64/h3,6-9,11-16,19,21-43,45H,2,4-5,10,17-18,20H2,1H3. The van der Waals surface area contributed by atoms with Crippen molar-refractivity contribution in [2.75, 3.05) is 4.90 Å². The average molecular weight is 852 g/mol. The monoisotopic (exact) mass is 851 g/mol. The molecule has 0 N–H and O–H groups in total. The molecule has 0 bridgehead atoms. The normalized spacial score (nSPS) is 16.5. The number of benzene rings is 9. The van der Waals surface area contributed by atoms with Crippen molar-refractivity contribution in [2.45, 2.75) is 63.2 Å². The number of allylic oxidation sites excluding steroid dienone is 1. The van der Waals surface area contributed by atoms with E-state index in [1.165, 1.54) is 104 Å². The Morgan fingerprint density at radius 2 is 1.21 bits per heavy atom. The van der Waals surface area contributed by atoms with Crippen LogP contribution in [0.4, 0.5) is 17.1 Å². The van der Waals surface area contributed by atoms with Crippen molar-refractivity contribution in [1.29, 1.82) is 0 Å². The van der Waals surface area contributed by atoms with Gasteiger partial charge in [-0.3, -0.25) is 0 Å². The van der Waals surface area contributed by atoms with Crippen LogP contribution >= 0.6 is 0 Å². The van der Waals surface area contributed by atoms with Gasteiger partial charge in [0.1, 0.15) is 11.5 Å². The van der Waals surface area contributed by atoms with E-state index in [1.54, 1.807) is 0 Å². The first-order chi connectivity index (χ1) is 32.6. The number of anilines is 3. The summed E-state index contributed by atoms with van der Waals surface area (Å²) in [5.41, 5.74) is 17.7. The molecule has 0 spiro atoms. The number of rotatable bonds is 8. The van der Waals surface area contributed by atoms with Gasteiger partial charge in [0.15, 0.2) is 0 Å². The number of fused-ring (bicyclic) bond motifs is 6. The summed E-state index contributed by atoms with van der Waals surface area (Å²) in [6, 6.07) is 74.7. The quantitative estimate of drug-likeness (QED) is 0.151. The van der Waals surface area contributed by atoms with Gasteiger partial charge in [0, 0.05) is 39.1 Å². The Morgan fingerprint density at radius 3 is 2.03 bits per heavy atom. The third-order valence-corrected chi connectivity index (χ3v) is 14.8. The van der Waals surface area contributed by atoms with Crippen LogP contribution in [0.3, 0.4) is 0 Å². The van der Waals surface area contributed by atoms with Gasteiger partial charge in [0.05, 0.1) is 5.41 Å². The zero-order valence-corrected chi connectivity index (χ0v) is 37.6. The van der Waals surface area contributed by atoms with E-state index in [-0.39, 0.29) is 0 Å². The second-order valence-corrected chi connectivity index (χ2v) is 18.6. The molecule has 1 heterocycles. The topological polar surface area (TPSA) is 12.5 Å². The summed E-state index contributed by atoms with van der Waals surface area (Å²) in [5, 5.41) is 2.30. The second-order valence-electron chi connectivity index (χ2n) is 18.6. The van der Waals surface area contributed by atoms with E-state index in [4.69, 9.17) is 4.74 Å². The summed E-state index contributed by atoms with van der Waals surface area (Å²) in [5.74, 6) is 2.52. The molecule has 3 aliphatic rings. The summed E-state index contributed by atoms with van der Waals surface area (Å²) in [7, 11) is 0. The molecule has 2 heteroatoms. The molecule has 0 saturated heterocycles. The Balaban J connectivity index is 0.992. The van der Waals surface area contributed by atoms with Crippen molar-refractivity contribution < 1.29 is 4.74 Å². The lowest BCUT2D eigenvalue weighted by atomic mass is 9.62. The predicted octanol–water partition coefficient (Wildman–Crippen LogP) is 17.4. The molecular formula is C64H53NO. The summed E-state index contributed by atoms with van der Waals surface area (Å²) in [4.78, 5) is 2.44. The van der Waals surface area contributed by atoms with Crippen LogP contribution in [0, 0.1) is 6.92 Å². The van der Waals surface area contributed by atoms with Crippen LogP contribution in [0.2, 0.25) is 0 Å². The molecule has 0 amide bonds. The van der Waals surface area contributed by atoms with Gasteiger partial charge in [-0.25, -0.2) is 0 Å². The zero-order chi connectivity index (χ0) is 44.0. The molecule has 2 aliphatic carbocycles. The molecule has 0 aromatic heterocycles.